The predicted molar refractivity (Wildman–Crippen MR) is 98.6 cm³/mol. The summed E-state index contributed by atoms with van der Waals surface area (Å²) in [6, 6.07) is 2.81. The fraction of sp³-hybridized carbons (Fsp3) is 0.300. The number of aromatic nitrogens is 2. The van der Waals surface area contributed by atoms with Gasteiger partial charge < -0.3 is 9.64 Å². The molecule has 0 fully saturated rings. The van der Waals surface area contributed by atoms with Gasteiger partial charge in [-0.1, -0.05) is 0 Å². The molecule has 2 aromatic heterocycles. The molecule has 0 aromatic carbocycles. The second-order valence-corrected chi connectivity index (χ2v) is 6.02. The van der Waals surface area contributed by atoms with Crippen molar-refractivity contribution in [2.75, 3.05) is 11.9 Å². The lowest BCUT2D eigenvalue weighted by Crippen LogP contribution is -2.16. The van der Waals surface area contributed by atoms with Gasteiger partial charge in [-0.25, -0.2) is 8.78 Å². The molecule has 6 heteroatoms. The van der Waals surface area contributed by atoms with Crippen LogP contribution >= 0.6 is 0 Å². The number of hydrogen-bond donors (Lipinski definition) is 0. The maximum Gasteiger partial charge on any atom is 0.151 e. The van der Waals surface area contributed by atoms with Crippen LogP contribution in [0.1, 0.15) is 30.8 Å². The van der Waals surface area contributed by atoms with Gasteiger partial charge in [0.15, 0.2) is 5.82 Å². The third-order valence-electron chi connectivity index (χ3n) is 4.00. The summed E-state index contributed by atoms with van der Waals surface area (Å²) in [7, 11) is 1.96. The van der Waals surface area contributed by atoms with Crippen molar-refractivity contribution in [3.8, 4) is 0 Å². The summed E-state index contributed by atoms with van der Waals surface area (Å²) < 4.78 is 32.2. The fourth-order valence-corrected chi connectivity index (χ4v) is 2.38. The Balaban J connectivity index is 2.13. The zero-order chi connectivity index (χ0) is 19.3. The lowest BCUT2D eigenvalue weighted by atomic mass is 10.2. The highest BCUT2D eigenvalue weighted by atomic mass is 19.1. The minimum atomic E-state index is -0.721. The van der Waals surface area contributed by atoms with Crippen molar-refractivity contribution in [3.05, 3.63) is 76.7 Å². The van der Waals surface area contributed by atoms with Crippen LogP contribution in [-0.4, -0.2) is 17.0 Å². The molecule has 26 heavy (non-hydrogen) atoms. The molecule has 2 aromatic rings. The molecule has 0 atom stereocenters. The van der Waals surface area contributed by atoms with Gasteiger partial charge in [0.25, 0.3) is 0 Å². The van der Waals surface area contributed by atoms with Crippen LogP contribution < -0.4 is 4.90 Å². The minimum Gasteiger partial charge on any atom is -0.487 e. The minimum absolute atomic E-state index is 0.0609. The summed E-state index contributed by atoms with van der Waals surface area (Å²) in [6.07, 6.45) is 6.45. The fourth-order valence-electron chi connectivity index (χ4n) is 2.38. The van der Waals surface area contributed by atoms with E-state index in [9.17, 15) is 8.78 Å². The average Bonchev–Trinajstić information content (AvgIpc) is 2.61. The smallest absolute Gasteiger partial charge is 0.151 e. The van der Waals surface area contributed by atoms with Crippen molar-refractivity contribution < 1.29 is 13.5 Å². The highest BCUT2D eigenvalue weighted by Gasteiger charge is 2.10. The third-order valence-corrected chi connectivity index (χ3v) is 4.00. The largest absolute Gasteiger partial charge is 0.487 e. The molecule has 0 saturated heterocycles. The third kappa shape index (κ3) is 4.88. The quantitative estimate of drug-likeness (QED) is 0.547. The number of hydrogen-bond acceptors (Lipinski definition) is 4. The van der Waals surface area contributed by atoms with E-state index in [0.717, 1.165) is 34.9 Å². The van der Waals surface area contributed by atoms with Crippen LogP contribution in [0.4, 0.5) is 14.5 Å². The molecular weight excluding hydrogens is 336 g/mol. The van der Waals surface area contributed by atoms with Gasteiger partial charge in [0.05, 0.1) is 6.20 Å². The van der Waals surface area contributed by atoms with Crippen LogP contribution in [0.3, 0.4) is 0 Å². The molecule has 0 aliphatic carbocycles. The first kappa shape index (κ1) is 19.6. The molecule has 0 N–H and O–H groups in total. The van der Waals surface area contributed by atoms with Gasteiger partial charge >= 0.3 is 0 Å². The number of halogens is 2. The Morgan fingerprint density at radius 2 is 1.92 bits per heavy atom. The highest BCUT2D eigenvalue weighted by molar-refractivity contribution is 5.56. The molecule has 0 amide bonds. The second-order valence-electron chi connectivity index (χ2n) is 6.02. The molecule has 0 radical (unpaired) electrons. The van der Waals surface area contributed by atoms with Crippen LogP contribution in [0.5, 0.6) is 0 Å². The van der Waals surface area contributed by atoms with Crippen LogP contribution in [0.2, 0.25) is 0 Å². The van der Waals surface area contributed by atoms with Crippen molar-refractivity contribution in [2.24, 2.45) is 0 Å². The molecule has 0 aliphatic rings. The van der Waals surface area contributed by atoms with E-state index in [2.05, 4.69) is 9.97 Å². The van der Waals surface area contributed by atoms with E-state index in [1.165, 1.54) is 0 Å². The Morgan fingerprint density at radius 3 is 2.58 bits per heavy atom. The van der Waals surface area contributed by atoms with Gasteiger partial charge in [-0.15, -0.1) is 0 Å². The first-order chi connectivity index (χ1) is 12.3. The van der Waals surface area contributed by atoms with E-state index in [1.807, 2.05) is 58.0 Å². The summed E-state index contributed by atoms with van der Waals surface area (Å²) in [6.45, 7) is 7.66. The van der Waals surface area contributed by atoms with Gasteiger partial charge in [-0.05, 0) is 51.5 Å². The van der Waals surface area contributed by atoms with Gasteiger partial charge in [0.1, 0.15) is 23.9 Å². The SMILES string of the molecule is C/C=C(\C=C(\C)N(C)c1cc(C)ncc1C)OCc1ncc(F)cc1F. The molecule has 2 rings (SSSR count). The van der Waals surface area contributed by atoms with E-state index in [-0.39, 0.29) is 12.3 Å². The molecule has 0 unspecified atom stereocenters. The highest BCUT2D eigenvalue weighted by Crippen LogP contribution is 2.23. The van der Waals surface area contributed by atoms with Crippen LogP contribution in [-0.2, 0) is 11.3 Å². The first-order valence-corrected chi connectivity index (χ1v) is 8.26. The van der Waals surface area contributed by atoms with Gasteiger partial charge in [-0.3, -0.25) is 9.97 Å². The van der Waals surface area contributed by atoms with E-state index in [0.29, 0.717) is 5.76 Å². The van der Waals surface area contributed by atoms with Gasteiger partial charge in [0, 0.05) is 36.4 Å². The van der Waals surface area contributed by atoms with Crippen molar-refractivity contribution in [3.63, 3.8) is 0 Å². The number of aryl methyl sites for hydroxylation is 2. The van der Waals surface area contributed by atoms with E-state index in [4.69, 9.17) is 4.74 Å². The first-order valence-electron chi connectivity index (χ1n) is 8.26. The van der Waals surface area contributed by atoms with Crippen molar-refractivity contribution in [1.82, 2.24) is 9.97 Å². The molecule has 0 aliphatic heterocycles. The summed E-state index contributed by atoms with van der Waals surface area (Å²) in [4.78, 5) is 10.0. The zero-order valence-corrected chi connectivity index (χ0v) is 15.7. The van der Waals surface area contributed by atoms with Crippen molar-refractivity contribution in [1.29, 1.82) is 0 Å². The number of pyridine rings is 2. The van der Waals surface area contributed by atoms with E-state index >= 15 is 0 Å². The Bertz CT molecular complexity index is 847. The number of allylic oxidation sites excluding steroid dienone is 3. The Hall–Kier alpha value is -2.76. The number of ether oxygens (including phenoxy) is 1. The number of rotatable bonds is 6. The van der Waals surface area contributed by atoms with Crippen molar-refractivity contribution >= 4 is 5.69 Å². The number of nitrogens with zero attached hydrogens (tertiary/aromatic N) is 3. The summed E-state index contributed by atoms with van der Waals surface area (Å²) in [5, 5.41) is 0. The summed E-state index contributed by atoms with van der Waals surface area (Å²) in [5.41, 5.74) is 4.05. The molecule has 4 nitrogen and oxygen atoms in total. The lowest BCUT2D eigenvalue weighted by molar-refractivity contribution is 0.202. The van der Waals surface area contributed by atoms with E-state index in [1.54, 1.807) is 6.08 Å². The monoisotopic (exact) mass is 359 g/mol. The average molecular weight is 359 g/mol. The van der Waals surface area contributed by atoms with E-state index < -0.39 is 11.6 Å². The van der Waals surface area contributed by atoms with Crippen LogP contribution in [0.15, 0.2) is 48.1 Å². The predicted octanol–water partition coefficient (Wildman–Crippen LogP) is 4.83. The number of anilines is 1. The molecule has 138 valence electrons. The Kier molecular flexibility index (Phi) is 6.44. The zero-order valence-electron chi connectivity index (χ0n) is 15.7. The molecule has 2 heterocycles. The Labute approximate surface area is 152 Å². The Morgan fingerprint density at radius 1 is 1.19 bits per heavy atom. The second kappa shape index (κ2) is 8.56. The van der Waals surface area contributed by atoms with Gasteiger partial charge in [-0.2, -0.15) is 0 Å². The van der Waals surface area contributed by atoms with Crippen LogP contribution in [0, 0.1) is 25.5 Å². The molecule has 0 bridgehead atoms. The van der Waals surface area contributed by atoms with Gasteiger partial charge in [0.2, 0.25) is 0 Å². The molecule has 0 spiro atoms. The summed E-state index contributed by atoms with van der Waals surface area (Å²) in [5.74, 6) is -0.859. The molecular formula is C20H23F2N3O. The topological polar surface area (TPSA) is 38.2 Å². The normalized spacial score (nSPS) is 12.3. The summed E-state index contributed by atoms with van der Waals surface area (Å²) >= 11 is 0. The maximum absolute atomic E-state index is 13.7. The lowest BCUT2D eigenvalue weighted by Gasteiger charge is -2.23. The standard InChI is InChI=1S/C20H23F2N3O/c1-6-17(26-12-19-18(22)9-16(21)11-24-19)8-15(4)25(5)20-7-14(3)23-10-13(20)2/h6-11H,12H2,1-5H3/b15-8-,17-6+. The van der Waals surface area contributed by atoms with Crippen LogP contribution in [0.25, 0.3) is 0 Å². The maximum atomic E-state index is 13.7. The molecule has 0 saturated carbocycles. The van der Waals surface area contributed by atoms with Crippen molar-refractivity contribution in [2.45, 2.75) is 34.3 Å².